The third-order valence-electron chi connectivity index (χ3n) is 4.85. The molecule has 0 aromatic carbocycles. The Morgan fingerprint density at radius 3 is 2.80 bits per heavy atom. The second-order valence-corrected chi connectivity index (χ2v) is 6.53. The first-order chi connectivity index (χ1) is 12.1. The fourth-order valence-electron chi connectivity index (χ4n) is 3.29. The molecular formula is C18H25N5O2. The number of nitrogens with one attached hydrogen (secondary N) is 1. The van der Waals surface area contributed by atoms with Crippen molar-refractivity contribution < 1.29 is 9.53 Å². The summed E-state index contributed by atoms with van der Waals surface area (Å²) in [6.45, 7) is 7.66. The molecule has 2 aromatic rings. The second kappa shape index (κ2) is 7.74. The minimum atomic E-state index is 0.0789. The standard InChI is InChI=1S/C18H25N5O2/c1-12-16(13(2)22-21-12)10-18(24)23-8-9-25-11-15(23)4-5-17-14(3)19-6-7-20-17/h6-7,15H,4-5,8-11H2,1-3H3,(H,21,22)/t15-/m1/s1. The lowest BCUT2D eigenvalue weighted by atomic mass is 10.0. The molecule has 0 bridgehead atoms. The smallest absolute Gasteiger partial charge is 0.227 e. The van der Waals surface area contributed by atoms with Crippen molar-refractivity contribution in [2.24, 2.45) is 0 Å². The predicted octanol–water partition coefficient (Wildman–Crippen LogP) is 1.53. The molecular weight excluding hydrogens is 318 g/mol. The van der Waals surface area contributed by atoms with Gasteiger partial charge in [0.15, 0.2) is 0 Å². The fourth-order valence-corrected chi connectivity index (χ4v) is 3.29. The molecule has 1 fully saturated rings. The highest BCUT2D eigenvalue weighted by molar-refractivity contribution is 5.79. The van der Waals surface area contributed by atoms with E-state index in [9.17, 15) is 4.79 Å². The van der Waals surface area contributed by atoms with Gasteiger partial charge in [-0.1, -0.05) is 0 Å². The zero-order valence-electron chi connectivity index (χ0n) is 15.1. The molecule has 1 aliphatic rings. The minimum absolute atomic E-state index is 0.0789. The van der Waals surface area contributed by atoms with Gasteiger partial charge < -0.3 is 9.64 Å². The number of rotatable bonds is 5. The summed E-state index contributed by atoms with van der Waals surface area (Å²) in [5.41, 5.74) is 4.79. The van der Waals surface area contributed by atoms with Gasteiger partial charge in [-0.25, -0.2) is 0 Å². The topological polar surface area (TPSA) is 84.0 Å². The van der Waals surface area contributed by atoms with Gasteiger partial charge in [-0.15, -0.1) is 0 Å². The summed E-state index contributed by atoms with van der Waals surface area (Å²) in [5, 5.41) is 7.13. The van der Waals surface area contributed by atoms with Crippen molar-refractivity contribution in [3.05, 3.63) is 40.7 Å². The predicted molar refractivity (Wildman–Crippen MR) is 93.2 cm³/mol. The van der Waals surface area contributed by atoms with Crippen LogP contribution in [-0.4, -0.2) is 56.8 Å². The maximum Gasteiger partial charge on any atom is 0.227 e. The van der Waals surface area contributed by atoms with Crippen molar-refractivity contribution in [1.82, 2.24) is 25.1 Å². The summed E-state index contributed by atoms with van der Waals surface area (Å²) in [4.78, 5) is 23.5. The highest BCUT2D eigenvalue weighted by Crippen LogP contribution is 2.18. The lowest BCUT2D eigenvalue weighted by Gasteiger charge is -2.36. The molecule has 0 radical (unpaired) electrons. The van der Waals surface area contributed by atoms with Gasteiger partial charge in [0.05, 0.1) is 42.8 Å². The number of aromatic nitrogens is 4. The Kier molecular flexibility index (Phi) is 5.43. The van der Waals surface area contributed by atoms with Gasteiger partial charge in [0.2, 0.25) is 5.91 Å². The molecule has 3 rings (SSSR count). The third kappa shape index (κ3) is 4.04. The van der Waals surface area contributed by atoms with Crippen molar-refractivity contribution in [3.63, 3.8) is 0 Å². The summed E-state index contributed by atoms with van der Waals surface area (Å²) in [6.07, 6.45) is 5.42. The van der Waals surface area contributed by atoms with E-state index in [1.54, 1.807) is 12.4 Å². The van der Waals surface area contributed by atoms with Gasteiger partial charge in [-0.3, -0.25) is 19.9 Å². The molecule has 134 valence electrons. The van der Waals surface area contributed by atoms with Gasteiger partial charge in [0, 0.05) is 30.2 Å². The largest absolute Gasteiger partial charge is 0.377 e. The summed E-state index contributed by atoms with van der Waals surface area (Å²) in [5.74, 6) is 0.136. The van der Waals surface area contributed by atoms with Crippen LogP contribution < -0.4 is 0 Å². The van der Waals surface area contributed by atoms with E-state index in [-0.39, 0.29) is 11.9 Å². The molecule has 0 aliphatic carbocycles. The zero-order chi connectivity index (χ0) is 17.8. The fraction of sp³-hybridized carbons (Fsp3) is 0.556. The lowest BCUT2D eigenvalue weighted by molar-refractivity contribution is -0.139. The van der Waals surface area contributed by atoms with Crippen LogP contribution in [0.3, 0.4) is 0 Å². The number of amides is 1. The molecule has 3 heterocycles. The number of aryl methyl sites for hydroxylation is 4. The quantitative estimate of drug-likeness (QED) is 0.890. The highest BCUT2D eigenvalue weighted by atomic mass is 16.5. The van der Waals surface area contributed by atoms with Crippen LogP contribution in [0.15, 0.2) is 12.4 Å². The summed E-state index contributed by atoms with van der Waals surface area (Å²) >= 11 is 0. The first-order valence-corrected chi connectivity index (χ1v) is 8.70. The van der Waals surface area contributed by atoms with Crippen LogP contribution in [0.1, 0.15) is 34.8 Å². The lowest BCUT2D eigenvalue weighted by Crippen LogP contribution is -2.49. The van der Waals surface area contributed by atoms with Crippen molar-refractivity contribution in [1.29, 1.82) is 0 Å². The molecule has 7 nitrogen and oxygen atoms in total. The molecule has 7 heteroatoms. The van der Waals surface area contributed by atoms with Crippen molar-refractivity contribution >= 4 is 5.91 Å². The van der Waals surface area contributed by atoms with Crippen LogP contribution in [0.25, 0.3) is 0 Å². The van der Waals surface area contributed by atoms with Gasteiger partial charge in [0.25, 0.3) is 0 Å². The maximum atomic E-state index is 12.9. The first kappa shape index (κ1) is 17.5. The Morgan fingerprint density at radius 1 is 1.28 bits per heavy atom. The van der Waals surface area contributed by atoms with Crippen molar-refractivity contribution in [2.75, 3.05) is 19.8 Å². The third-order valence-corrected chi connectivity index (χ3v) is 4.85. The summed E-state index contributed by atoms with van der Waals surface area (Å²) in [7, 11) is 0. The van der Waals surface area contributed by atoms with Crippen LogP contribution in [0.4, 0.5) is 0 Å². The van der Waals surface area contributed by atoms with Gasteiger partial charge >= 0.3 is 0 Å². The number of aromatic amines is 1. The average Bonchev–Trinajstić information content (AvgIpc) is 2.93. The Hall–Kier alpha value is -2.28. The Balaban J connectivity index is 1.66. The zero-order valence-corrected chi connectivity index (χ0v) is 15.1. The van der Waals surface area contributed by atoms with E-state index in [0.29, 0.717) is 26.2 Å². The van der Waals surface area contributed by atoms with Crippen molar-refractivity contribution in [2.45, 2.75) is 46.1 Å². The SMILES string of the molecule is Cc1nccnc1CC[C@@H]1COCCN1C(=O)Cc1c(C)n[nH]c1C. The van der Waals surface area contributed by atoms with Crippen LogP contribution >= 0.6 is 0 Å². The van der Waals surface area contributed by atoms with Crippen LogP contribution in [0, 0.1) is 20.8 Å². The average molecular weight is 343 g/mol. The molecule has 25 heavy (non-hydrogen) atoms. The summed E-state index contributed by atoms with van der Waals surface area (Å²) in [6, 6.07) is 0.0789. The van der Waals surface area contributed by atoms with Crippen LogP contribution in [0.5, 0.6) is 0 Å². The Labute approximate surface area is 147 Å². The number of nitrogens with zero attached hydrogens (tertiary/aromatic N) is 4. The van der Waals surface area contributed by atoms with E-state index < -0.39 is 0 Å². The molecule has 2 aromatic heterocycles. The van der Waals surface area contributed by atoms with Gasteiger partial charge in [-0.2, -0.15) is 5.10 Å². The second-order valence-electron chi connectivity index (χ2n) is 6.53. The van der Waals surface area contributed by atoms with E-state index >= 15 is 0 Å². The van der Waals surface area contributed by atoms with Crippen molar-refractivity contribution in [3.8, 4) is 0 Å². The molecule has 1 N–H and O–H groups in total. The number of morpholine rings is 1. The van der Waals surface area contributed by atoms with Gasteiger partial charge in [-0.05, 0) is 33.6 Å². The molecule has 0 saturated carbocycles. The summed E-state index contributed by atoms with van der Waals surface area (Å²) < 4.78 is 5.62. The first-order valence-electron chi connectivity index (χ1n) is 8.70. The monoisotopic (exact) mass is 343 g/mol. The van der Waals surface area contributed by atoms with Gasteiger partial charge in [0.1, 0.15) is 0 Å². The Morgan fingerprint density at radius 2 is 2.08 bits per heavy atom. The molecule has 1 aliphatic heterocycles. The normalized spacial score (nSPS) is 17.7. The molecule has 1 amide bonds. The minimum Gasteiger partial charge on any atom is -0.377 e. The number of hydrogen-bond acceptors (Lipinski definition) is 5. The molecule has 0 unspecified atom stereocenters. The van der Waals surface area contributed by atoms with Crippen LogP contribution in [-0.2, 0) is 22.4 Å². The number of ether oxygens (including phenoxy) is 1. The van der Waals surface area contributed by atoms with E-state index in [1.807, 2.05) is 25.7 Å². The number of hydrogen-bond donors (Lipinski definition) is 1. The molecule has 0 spiro atoms. The number of carbonyl (C=O) groups excluding carboxylic acids is 1. The number of carbonyl (C=O) groups is 1. The van der Waals surface area contributed by atoms with E-state index in [0.717, 1.165) is 41.2 Å². The molecule has 1 atom stereocenters. The molecule has 1 saturated heterocycles. The Bertz CT molecular complexity index is 723. The van der Waals surface area contributed by atoms with E-state index in [4.69, 9.17) is 4.74 Å². The number of H-pyrrole nitrogens is 1. The highest BCUT2D eigenvalue weighted by Gasteiger charge is 2.28. The van der Waals surface area contributed by atoms with E-state index in [2.05, 4.69) is 20.2 Å². The maximum absolute atomic E-state index is 12.9. The van der Waals surface area contributed by atoms with Crippen LogP contribution in [0.2, 0.25) is 0 Å². The van der Waals surface area contributed by atoms with E-state index in [1.165, 1.54) is 0 Å².